The number of carbonyl (C=O) groups excluding carboxylic acids is 1. The number of fused-ring (bicyclic) bond motifs is 1. The van der Waals surface area contributed by atoms with Crippen LogP contribution >= 0.6 is 0 Å². The first-order chi connectivity index (χ1) is 9.76. The fraction of sp³-hybridized carbons (Fsp3) is 0.467. The summed E-state index contributed by atoms with van der Waals surface area (Å²) < 4.78 is 16.4. The molecule has 0 aliphatic carbocycles. The van der Waals surface area contributed by atoms with Gasteiger partial charge in [0.05, 0.1) is 13.0 Å². The summed E-state index contributed by atoms with van der Waals surface area (Å²) in [4.78, 5) is 15.7. The topological polar surface area (TPSA) is 57.1 Å². The van der Waals surface area contributed by atoms with E-state index in [2.05, 4.69) is 11.9 Å². The second kappa shape index (κ2) is 5.53. The highest BCUT2D eigenvalue weighted by atomic mass is 16.6. The number of cyclic esters (lactones) is 1. The van der Waals surface area contributed by atoms with Crippen LogP contribution in [0.25, 0.3) is 0 Å². The average molecular weight is 275 g/mol. The van der Waals surface area contributed by atoms with Gasteiger partial charge in [0.25, 0.3) is 0 Å². The van der Waals surface area contributed by atoms with E-state index in [1.165, 1.54) is 0 Å². The number of hydrogen-bond donors (Lipinski definition) is 0. The maximum Gasteiger partial charge on any atom is 0.309 e. The molecule has 0 amide bonds. The van der Waals surface area contributed by atoms with Gasteiger partial charge >= 0.3 is 5.97 Å². The minimum absolute atomic E-state index is 0.0806. The van der Waals surface area contributed by atoms with Gasteiger partial charge in [-0.05, 0) is 24.6 Å². The lowest BCUT2D eigenvalue weighted by Crippen LogP contribution is -2.36. The summed E-state index contributed by atoms with van der Waals surface area (Å²) in [6.45, 7) is 3.05. The van der Waals surface area contributed by atoms with Crippen molar-refractivity contribution in [2.24, 2.45) is 4.99 Å². The van der Waals surface area contributed by atoms with Crippen LogP contribution in [0.2, 0.25) is 0 Å². The molecule has 0 aromatic heterocycles. The summed E-state index contributed by atoms with van der Waals surface area (Å²) in [7, 11) is 0. The fourth-order valence-corrected chi connectivity index (χ4v) is 2.29. The Labute approximate surface area is 117 Å². The molecule has 1 fully saturated rings. The lowest BCUT2D eigenvalue weighted by atomic mass is 10.1. The zero-order valence-corrected chi connectivity index (χ0v) is 11.4. The zero-order chi connectivity index (χ0) is 13.9. The van der Waals surface area contributed by atoms with Crippen LogP contribution in [0.5, 0.6) is 5.75 Å². The van der Waals surface area contributed by atoms with Crippen LogP contribution in [-0.4, -0.2) is 37.2 Å². The SMILES string of the molecule is CCCOc1cccc(C2=N[C@@H]3COC(=O)C[C@@H]3O2)c1. The smallest absolute Gasteiger partial charge is 0.309 e. The fourth-order valence-electron chi connectivity index (χ4n) is 2.29. The first kappa shape index (κ1) is 13.0. The summed E-state index contributed by atoms with van der Waals surface area (Å²) in [6, 6.07) is 7.58. The zero-order valence-electron chi connectivity index (χ0n) is 11.4. The van der Waals surface area contributed by atoms with Gasteiger partial charge < -0.3 is 14.2 Å². The lowest BCUT2D eigenvalue weighted by Gasteiger charge is -2.21. The van der Waals surface area contributed by atoms with Gasteiger partial charge in [-0.1, -0.05) is 13.0 Å². The van der Waals surface area contributed by atoms with Crippen LogP contribution in [0.15, 0.2) is 29.3 Å². The maximum absolute atomic E-state index is 11.2. The molecule has 2 aliphatic heterocycles. The van der Waals surface area contributed by atoms with Crippen molar-refractivity contribution >= 4 is 11.9 Å². The third kappa shape index (κ3) is 2.61. The molecule has 0 saturated carbocycles. The van der Waals surface area contributed by atoms with Crippen LogP contribution < -0.4 is 4.74 Å². The van der Waals surface area contributed by atoms with Gasteiger partial charge in [-0.25, -0.2) is 4.99 Å². The minimum Gasteiger partial charge on any atom is -0.494 e. The van der Waals surface area contributed by atoms with Crippen molar-refractivity contribution in [3.8, 4) is 5.75 Å². The maximum atomic E-state index is 11.2. The minimum atomic E-state index is -0.220. The molecule has 0 unspecified atom stereocenters. The van der Waals surface area contributed by atoms with Crippen molar-refractivity contribution in [3.63, 3.8) is 0 Å². The van der Waals surface area contributed by atoms with Crippen LogP contribution in [0.4, 0.5) is 0 Å². The van der Waals surface area contributed by atoms with E-state index in [0.29, 0.717) is 19.1 Å². The Morgan fingerprint density at radius 1 is 1.45 bits per heavy atom. The molecular weight excluding hydrogens is 258 g/mol. The Hall–Kier alpha value is -2.04. The largest absolute Gasteiger partial charge is 0.494 e. The number of ether oxygens (including phenoxy) is 3. The van der Waals surface area contributed by atoms with Gasteiger partial charge in [0.2, 0.25) is 5.90 Å². The van der Waals surface area contributed by atoms with Crippen LogP contribution in [0.3, 0.4) is 0 Å². The molecule has 106 valence electrons. The van der Waals surface area contributed by atoms with E-state index in [1.54, 1.807) is 0 Å². The van der Waals surface area contributed by atoms with E-state index in [1.807, 2.05) is 24.3 Å². The summed E-state index contributed by atoms with van der Waals surface area (Å²) in [5, 5.41) is 0. The van der Waals surface area contributed by atoms with Gasteiger partial charge in [-0.2, -0.15) is 0 Å². The first-order valence-corrected chi connectivity index (χ1v) is 6.89. The molecule has 2 atom stereocenters. The second-order valence-electron chi connectivity index (χ2n) is 4.92. The van der Waals surface area contributed by atoms with Crippen molar-refractivity contribution in [2.75, 3.05) is 13.2 Å². The van der Waals surface area contributed by atoms with Gasteiger partial charge in [0.1, 0.15) is 24.5 Å². The van der Waals surface area contributed by atoms with Gasteiger partial charge in [0.15, 0.2) is 0 Å². The molecule has 0 spiro atoms. The Balaban J connectivity index is 1.75. The second-order valence-corrected chi connectivity index (χ2v) is 4.92. The molecule has 2 aliphatic rings. The Kier molecular flexibility index (Phi) is 3.58. The predicted molar refractivity (Wildman–Crippen MR) is 73.0 cm³/mol. The average Bonchev–Trinajstić information content (AvgIpc) is 2.88. The first-order valence-electron chi connectivity index (χ1n) is 6.89. The van der Waals surface area contributed by atoms with E-state index in [9.17, 15) is 4.79 Å². The molecule has 2 heterocycles. The highest BCUT2D eigenvalue weighted by Crippen LogP contribution is 2.26. The van der Waals surface area contributed by atoms with Gasteiger partial charge in [0, 0.05) is 5.56 Å². The van der Waals surface area contributed by atoms with E-state index in [-0.39, 0.29) is 24.5 Å². The molecule has 5 heteroatoms. The Morgan fingerprint density at radius 2 is 2.35 bits per heavy atom. The highest BCUT2D eigenvalue weighted by molar-refractivity contribution is 5.96. The summed E-state index contributed by atoms with van der Waals surface area (Å²) in [5.41, 5.74) is 0.875. The highest BCUT2D eigenvalue weighted by Gasteiger charge is 2.38. The van der Waals surface area contributed by atoms with Crippen molar-refractivity contribution in [1.29, 1.82) is 0 Å². The standard InChI is InChI=1S/C15H17NO4/c1-2-6-18-11-5-3-4-10(7-11)15-16-12-9-19-14(17)8-13(12)20-15/h3-5,7,12-13H,2,6,8-9H2,1H3/t12-,13+/m1/s1. The van der Waals surface area contributed by atoms with Crippen LogP contribution in [-0.2, 0) is 14.3 Å². The van der Waals surface area contributed by atoms with Crippen molar-refractivity contribution < 1.29 is 19.0 Å². The Bertz CT molecular complexity index is 540. The lowest BCUT2D eigenvalue weighted by molar-refractivity contribution is -0.151. The van der Waals surface area contributed by atoms with Crippen LogP contribution in [0.1, 0.15) is 25.3 Å². The number of aliphatic imine (C=N–C) groups is 1. The van der Waals surface area contributed by atoms with E-state index in [0.717, 1.165) is 17.7 Å². The van der Waals surface area contributed by atoms with Crippen molar-refractivity contribution in [1.82, 2.24) is 0 Å². The van der Waals surface area contributed by atoms with Gasteiger partial charge in [-0.3, -0.25) is 4.79 Å². The molecule has 1 saturated heterocycles. The monoisotopic (exact) mass is 275 g/mol. The van der Waals surface area contributed by atoms with E-state index < -0.39 is 0 Å². The molecule has 1 aromatic rings. The third-order valence-electron chi connectivity index (χ3n) is 3.31. The van der Waals surface area contributed by atoms with Crippen molar-refractivity contribution in [3.05, 3.63) is 29.8 Å². The number of hydrogen-bond acceptors (Lipinski definition) is 5. The number of benzene rings is 1. The normalized spacial score (nSPS) is 24.4. The predicted octanol–water partition coefficient (Wildman–Crippen LogP) is 1.94. The summed E-state index contributed by atoms with van der Waals surface area (Å²) in [5.74, 6) is 1.15. The molecule has 0 bridgehead atoms. The molecule has 0 N–H and O–H groups in total. The van der Waals surface area contributed by atoms with Crippen molar-refractivity contribution in [2.45, 2.75) is 31.9 Å². The van der Waals surface area contributed by atoms with E-state index in [4.69, 9.17) is 14.2 Å². The summed E-state index contributed by atoms with van der Waals surface area (Å²) in [6.07, 6.45) is 1.04. The van der Waals surface area contributed by atoms with E-state index >= 15 is 0 Å². The molecule has 3 rings (SSSR count). The Morgan fingerprint density at radius 3 is 3.20 bits per heavy atom. The third-order valence-corrected chi connectivity index (χ3v) is 3.31. The number of nitrogens with zero attached hydrogens (tertiary/aromatic N) is 1. The quantitative estimate of drug-likeness (QED) is 0.788. The number of rotatable bonds is 4. The number of carbonyl (C=O) groups is 1. The molecule has 5 nitrogen and oxygen atoms in total. The summed E-state index contributed by atoms with van der Waals surface area (Å²) >= 11 is 0. The molecule has 0 radical (unpaired) electrons. The number of esters is 1. The molecule has 1 aromatic carbocycles. The molecule has 20 heavy (non-hydrogen) atoms. The van der Waals surface area contributed by atoms with Crippen LogP contribution in [0, 0.1) is 0 Å². The van der Waals surface area contributed by atoms with Gasteiger partial charge in [-0.15, -0.1) is 0 Å². The molecular formula is C15H17NO4.